The SMILES string of the molecule is Cc1cc(C)nc(N2CCN(CC(=O)c3c(C)n(C)c4ccccc34)CC2)n1. The molecule has 0 N–H and O–H groups in total. The molecule has 28 heavy (non-hydrogen) atoms. The largest absolute Gasteiger partial charge is 0.347 e. The second-order valence-corrected chi connectivity index (χ2v) is 7.67. The van der Waals surface area contributed by atoms with E-state index in [1.54, 1.807) is 0 Å². The van der Waals surface area contributed by atoms with Gasteiger partial charge >= 0.3 is 0 Å². The van der Waals surface area contributed by atoms with E-state index >= 15 is 0 Å². The maximum absolute atomic E-state index is 13.1. The van der Waals surface area contributed by atoms with Crippen molar-refractivity contribution in [1.82, 2.24) is 19.4 Å². The van der Waals surface area contributed by atoms with E-state index in [4.69, 9.17) is 0 Å². The molecule has 1 saturated heterocycles. The van der Waals surface area contributed by atoms with E-state index in [0.717, 1.165) is 65.7 Å². The monoisotopic (exact) mass is 377 g/mol. The number of benzene rings is 1. The highest BCUT2D eigenvalue weighted by Crippen LogP contribution is 2.25. The van der Waals surface area contributed by atoms with Crippen molar-refractivity contribution in [2.45, 2.75) is 20.8 Å². The van der Waals surface area contributed by atoms with Crippen LogP contribution in [-0.2, 0) is 7.05 Å². The minimum absolute atomic E-state index is 0.199. The number of aromatic nitrogens is 3. The minimum atomic E-state index is 0.199. The lowest BCUT2D eigenvalue weighted by molar-refractivity contribution is 0.0927. The first kappa shape index (κ1) is 18.6. The van der Waals surface area contributed by atoms with Crippen LogP contribution >= 0.6 is 0 Å². The Balaban J connectivity index is 1.45. The van der Waals surface area contributed by atoms with E-state index < -0.39 is 0 Å². The van der Waals surface area contributed by atoms with Crippen molar-refractivity contribution in [3.05, 3.63) is 53.0 Å². The van der Waals surface area contributed by atoms with E-state index in [0.29, 0.717) is 6.54 Å². The average Bonchev–Trinajstić information content (AvgIpc) is 2.92. The highest BCUT2D eigenvalue weighted by molar-refractivity contribution is 6.10. The average molecular weight is 377 g/mol. The number of ketones is 1. The number of rotatable bonds is 4. The summed E-state index contributed by atoms with van der Waals surface area (Å²) in [5, 5.41) is 1.05. The molecule has 1 aromatic carbocycles. The molecule has 6 nitrogen and oxygen atoms in total. The molecule has 0 spiro atoms. The topological polar surface area (TPSA) is 54.3 Å². The predicted molar refractivity (Wildman–Crippen MR) is 112 cm³/mol. The normalized spacial score (nSPS) is 15.4. The quantitative estimate of drug-likeness (QED) is 0.655. The zero-order valence-electron chi connectivity index (χ0n) is 17.1. The number of hydrogen-bond acceptors (Lipinski definition) is 5. The zero-order valence-corrected chi connectivity index (χ0v) is 17.1. The molecule has 1 aliphatic heterocycles. The lowest BCUT2D eigenvalue weighted by Crippen LogP contribution is -2.48. The Morgan fingerprint density at radius 1 is 1.00 bits per heavy atom. The van der Waals surface area contributed by atoms with Crippen LogP contribution in [-0.4, -0.2) is 57.9 Å². The molecule has 146 valence electrons. The lowest BCUT2D eigenvalue weighted by atomic mass is 10.1. The van der Waals surface area contributed by atoms with Crippen LogP contribution in [0.5, 0.6) is 0 Å². The summed E-state index contributed by atoms with van der Waals surface area (Å²) in [7, 11) is 2.02. The molecule has 4 rings (SSSR count). The van der Waals surface area contributed by atoms with Crippen LogP contribution in [0.4, 0.5) is 5.95 Å². The summed E-state index contributed by atoms with van der Waals surface area (Å²) >= 11 is 0. The molecule has 1 aliphatic rings. The molecule has 0 amide bonds. The number of para-hydroxylation sites is 1. The lowest BCUT2D eigenvalue weighted by Gasteiger charge is -2.34. The molecule has 0 saturated carbocycles. The number of aryl methyl sites for hydroxylation is 3. The summed E-state index contributed by atoms with van der Waals surface area (Å²) in [6.07, 6.45) is 0. The van der Waals surface area contributed by atoms with Gasteiger partial charge in [0.1, 0.15) is 0 Å². The number of Topliss-reactive ketones (excluding diaryl/α,β-unsaturated/α-hetero) is 1. The molecule has 0 unspecified atom stereocenters. The second kappa shape index (κ2) is 7.36. The van der Waals surface area contributed by atoms with E-state index in [1.807, 2.05) is 52.1 Å². The van der Waals surface area contributed by atoms with E-state index in [1.165, 1.54) is 0 Å². The van der Waals surface area contributed by atoms with Gasteiger partial charge in [-0.1, -0.05) is 18.2 Å². The van der Waals surface area contributed by atoms with Gasteiger partial charge in [-0.2, -0.15) is 0 Å². The highest BCUT2D eigenvalue weighted by atomic mass is 16.1. The van der Waals surface area contributed by atoms with Gasteiger partial charge in [-0.05, 0) is 32.9 Å². The first-order valence-corrected chi connectivity index (χ1v) is 9.81. The van der Waals surface area contributed by atoms with Crippen molar-refractivity contribution >= 4 is 22.6 Å². The van der Waals surface area contributed by atoms with Gasteiger partial charge in [0.05, 0.1) is 6.54 Å². The van der Waals surface area contributed by atoms with Crippen LogP contribution in [0, 0.1) is 20.8 Å². The fourth-order valence-electron chi connectivity index (χ4n) is 4.11. The van der Waals surface area contributed by atoms with Gasteiger partial charge in [0.2, 0.25) is 5.95 Å². The van der Waals surface area contributed by atoms with Gasteiger partial charge in [0, 0.05) is 66.8 Å². The fourth-order valence-corrected chi connectivity index (χ4v) is 4.11. The Bertz CT molecular complexity index is 1010. The van der Waals surface area contributed by atoms with Crippen molar-refractivity contribution in [2.75, 3.05) is 37.6 Å². The summed E-state index contributed by atoms with van der Waals surface area (Å²) in [5.41, 5.74) is 4.99. The Morgan fingerprint density at radius 2 is 1.64 bits per heavy atom. The number of anilines is 1. The Morgan fingerprint density at radius 3 is 2.32 bits per heavy atom. The third-order valence-corrected chi connectivity index (χ3v) is 5.67. The van der Waals surface area contributed by atoms with Gasteiger partial charge in [-0.25, -0.2) is 9.97 Å². The van der Waals surface area contributed by atoms with Crippen molar-refractivity contribution in [3.8, 4) is 0 Å². The molecule has 0 bridgehead atoms. The molecule has 6 heteroatoms. The molecule has 1 fully saturated rings. The molecule has 2 aromatic heterocycles. The number of carbonyl (C=O) groups excluding carboxylic acids is 1. The Labute approximate surface area is 165 Å². The van der Waals surface area contributed by atoms with Gasteiger partial charge in [-0.15, -0.1) is 0 Å². The Hall–Kier alpha value is -2.73. The number of piperazine rings is 1. The third-order valence-electron chi connectivity index (χ3n) is 5.67. The van der Waals surface area contributed by atoms with Gasteiger partial charge in [0.25, 0.3) is 0 Å². The van der Waals surface area contributed by atoms with Crippen LogP contribution in [0.1, 0.15) is 27.4 Å². The number of carbonyl (C=O) groups is 1. The maximum atomic E-state index is 13.1. The van der Waals surface area contributed by atoms with E-state index in [2.05, 4.69) is 30.4 Å². The first-order chi connectivity index (χ1) is 13.4. The second-order valence-electron chi connectivity index (χ2n) is 7.67. The zero-order chi connectivity index (χ0) is 19.8. The van der Waals surface area contributed by atoms with Gasteiger partial charge in [-0.3, -0.25) is 9.69 Å². The highest BCUT2D eigenvalue weighted by Gasteiger charge is 2.24. The number of fused-ring (bicyclic) bond motifs is 1. The molecule has 3 heterocycles. The summed E-state index contributed by atoms with van der Waals surface area (Å²) in [6.45, 7) is 9.84. The molecular formula is C22H27N5O. The molecular weight excluding hydrogens is 350 g/mol. The van der Waals surface area contributed by atoms with Crippen molar-refractivity contribution in [3.63, 3.8) is 0 Å². The molecule has 0 atom stereocenters. The first-order valence-electron chi connectivity index (χ1n) is 9.81. The summed E-state index contributed by atoms with van der Waals surface area (Å²) < 4.78 is 2.11. The number of nitrogens with zero attached hydrogens (tertiary/aromatic N) is 5. The van der Waals surface area contributed by atoms with Crippen molar-refractivity contribution in [2.24, 2.45) is 7.05 Å². The Kier molecular flexibility index (Phi) is 4.89. The standard InChI is InChI=1S/C22H27N5O/c1-15-13-16(2)24-22(23-15)27-11-9-26(10-12-27)14-20(28)21-17(3)25(4)19-8-6-5-7-18(19)21/h5-8,13H,9-12,14H2,1-4H3. The molecule has 0 aliphatic carbocycles. The van der Waals surface area contributed by atoms with E-state index in [9.17, 15) is 4.79 Å². The molecule has 3 aromatic rings. The van der Waals surface area contributed by atoms with Crippen LogP contribution in [0.15, 0.2) is 30.3 Å². The predicted octanol–water partition coefficient (Wildman–Crippen LogP) is 2.90. The number of hydrogen-bond donors (Lipinski definition) is 0. The van der Waals surface area contributed by atoms with Crippen LogP contribution in [0.2, 0.25) is 0 Å². The summed E-state index contributed by atoms with van der Waals surface area (Å²) in [5.74, 6) is 0.999. The maximum Gasteiger partial charge on any atom is 0.225 e. The third kappa shape index (κ3) is 3.40. The van der Waals surface area contributed by atoms with Crippen LogP contribution < -0.4 is 4.90 Å². The van der Waals surface area contributed by atoms with Crippen LogP contribution in [0.3, 0.4) is 0 Å². The van der Waals surface area contributed by atoms with Crippen LogP contribution in [0.25, 0.3) is 10.9 Å². The van der Waals surface area contributed by atoms with Gasteiger partial charge < -0.3 is 9.47 Å². The van der Waals surface area contributed by atoms with Crippen molar-refractivity contribution in [1.29, 1.82) is 0 Å². The fraction of sp³-hybridized carbons (Fsp3) is 0.409. The van der Waals surface area contributed by atoms with Crippen molar-refractivity contribution < 1.29 is 4.79 Å². The minimum Gasteiger partial charge on any atom is -0.347 e. The smallest absolute Gasteiger partial charge is 0.225 e. The molecule has 0 radical (unpaired) electrons. The summed E-state index contributed by atoms with van der Waals surface area (Å²) in [6, 6.07) is 10.1. The van der Waals surface area contributed by atoms with Gasteiger partial charge in [0.15, 0.2) is 5.78 Å². The van der Waals surface area contributed by atoms with E-state index in [-0.39, 0.29) is 5.78 Å². The summed E-state index contributed by atoms with van der Waals surface area (Å²) in [4.78, 5) is 26.7.